The van der Waals surface area contributed by atoms with Crippen LogP contribution in [0.3, 0.4) is 0 Å². The number of carbonyl (C=O) groups is 3. The Hall–Kier alpha value is -2.40. The first-order valence-electron chi connectivity index (χ1n) is 14.5. The molecule has 0 aliphatic carbocycles. The Bertz CT molecular complexity index is 1270. The average Bonchev–Trinajstić information content (AvgIpc) is 3.25. The van der Waals surface area contributed by atoms with E-state index >= 15 is 0 Å². The molecule has 41 heavy (non-hydrogen) atoms. The fraction of sp³-hybridized carbons (Fsp3) is 0.613. The lowest BCUT2D eigenvalue weighted by molar-refractivity contribution is -0.143. The van der Waals surface area contributed by atoms with Gasteiger partial charge in [0.1, 0.15) is 5.78 Å². The van der Waals surface area contributed by atoms with E-state index in [1.165, 1.54) is 11.3 Å². The third-order valence-corrected chi connectivity index (χ3v) is 10.6. The molecule has 10 heteroatoms. The zero-order chi connectivity index (χ0) is 30.1. The molecule has 2 fully saturated rings. The summed E-state index contributed by atoms with van der Waals surface area (Å²) in [4.78, 5) is 47.3. The number of aliphatic hydroxyl groups excluding tert-OH is 2. The number of nitrogens with zero attached hydrogens (tertiary/aromatic N) is 2. The van der Waals surface area contributed by atoms with Crippen molar-refractivity contribution in [3.8, 4) is 0 Å². The minimum Gasteiger partial charge on any atom is -0.392 e. The second-order valence-corrected chi connectivity index (χ2v) is 14.4. The lowest BCUT2D eigenvalue weighted by Gasteiger charge is -2.34. The zero-order valence-corrected chi connectivity index (χ0v) is 26.4. The maximum atomic E-state index is 13.4. The Kier molecular flexibility index (Phi) is 9.89. The quantitative estimate of drug-likeness (QED) is 0.433. The van der Waals surface area contributed by atoms with Gasteiger partial charge in [-0.2, -0.15) is 0 Å². The molecule has 4 rings (SSSR count). The molecule has 0 saturated carbocycles. The summed E-state index contributed by atoms with van der Waals surface area (Å²) in [6.07, 6.45) is 2.46. The number of aliphatic hydroxyl groups is 2. The Morgan fingerprint density at radius 3 is 2.54 bits per heavy atom. The van der Waals surface area contributed by atoms with Crippen molar-refractivity contribution in [1.29, 1.82) is 0 Å². The number of Topliss-reactive ketones (excluding diaryl/α,β-unsaturated/α-hetero) is 1. The van der Waals surface area contributed by atoms with Crippen molar-refractivity contribution in [3.63, 3.8) is 0 Å². The minimum absolute atomic E-state index is 0.000717. The fourth-order valence-electron chi connectivity index (χ4n) is 6.05. The third-order valence-electron chi connectivity index (χ3n) is 8.92. The number of carbonyl (C=O) groups excluding carboxylic acids is 3. The molecule has 0 unspecified atom stereocenters. The molecule has 8 nitrogen and oxygen atoms in total. The van der Waals surface area contributed by atoms with Crippen LogP contribution in [0.4, 0.5) is 0 Å². The molecule has 7 atom stereocenters. The summed E-state index contributed by atoms with van der Waals surface area (Å²) in [5.74, 6) is -1.44. The van der Waals surface area contributed by atoms with Gasteiger partial charge in [-0.25, -0.2) is 4.98 Å². The summed E-state index contributed by atoms with van der Waals surface area (Å²) in [5, 5.41) is 30.0. The number of hydrogen-bond acceptors (Lipinski definition) is 8. The molecule has 0 bridgehead atoms. The number of rotatable bonds is 3. The number of nitrogens with one attached hydrogen (secondary N) is 1. The standard InChI is InChI=1S/C31H43N3O5S2/c1-17-9-7-10-23-24(34(23)30(39)25-11-8-12-40-25)14-22(18(2)13-21-16-41-20(4)32-21)33-27(36)15-26(35)31(5,6)29(38)19(3)28(17)37/h8,11-13,16-17,19,22-24,26,28,35,37H,7,9-10,14-15H2,1-6H3,(H,33,36)/b18-13+/t17-,19+,22-,23+,24-,26-,28-,34?/m0/s1. The molecule has 2 saturated heterocycles. The molecule has 0 radical (unpaired) electrons. The van der Waals surface area contributed by atoms with Crippen LogP contribution in [-0.4, -0.2) is 68.0 Å². The van der Waals surface area contributed by atoms with Crippen LogP contribution in [0.25, 0.3) is 6.08 Å². The number of thiazole rings is 1. The molecule has 2 aliphatic heterocycles. The highest BCUT2D eigenvalue weighted by molar-refractivity contribution is 7.12. The number of hydrogen-bond donors (Lipinski definition) is 3. The predicted octanol–water partition coefficient (Wildman–Crippen LogP) is 4.85. The molecule has 0 spiro atoms. The molecule has 2 amide bonds. The van der Waals surface area contributed by atoms with Gasteiger partial charge in [-0.05, 0) is 62.1 Å². The van der Waals surface area contributed by atoms with E-state index in [2.05, 4.69) is 10.3 Å². The number of fused-ring (bicyclic) bond motifs is 1. The van der Waals surface area contributed by atoms with Gasteiger partial charge in [0, 0.05) is 11.3 Å². The summed E-state index contributed by atoms with van der Waals surface area (Å²) >= 11 is 2.98. The largest absolute Gasteiger partial charge is 0.392 e. The van der Waals surface area contributed by atoms with Crippen molar-refractivity contribution >= 4 is 46.3 Å². The third kappa shape index (κ3) is 7.16. The van der Waals surface area contributed by atoms with Crippen LogP contribution >= 0.6 is 22.7 Å². The van der Waals surface area contributed by atoms with Crippen LogP contribution in [0, 0.1) is 24.2 Å². The van der Waals surface area contributed by atoms with Crippen molar-refractivity contribution < 1.29 is 24.6 Å². The van der Waals surface area contributed by atoms with E-state index in [1.54, 1.807) is 32.1 Å². The van der Waals surface area contributed by atoms with Crippen molar-refractivity contribution in [1.82, 2.24) is 15.2 Å². The highest BCUT2D eigenvalue weighted by atomic mass is 32.1. The van der Waals surface area contributed by atoms with Gasteiger partial charge in [0.25, 0.3) is 5.91 Å². The minimum atomic E-state index is -1.22. The summed E-state index contributed by atoms with van der Waals surface area (Å²) in [7, 11) is 0. The number of aryl methyl sites for hydroxylation is 1. The van der Waals surface area contributed by atoms with Crippen molar-refractivity contribution in [3.05, 3.63) is 44.0 Å². The van der Waals surface area contributed by atoms with Gasteiger partial charge in [0.15, 0.2) is 0 Å². The Labute approximate surface area is 250 Å². The van der Waals surface area contributed by atoms with Crippen LogP contribution in [0.5, 0.6) is 0 Å². The number of aromatic nitrogens is 1. The van der Waals surface area contributed by atoms with Crippen LogP contribution in [0.15, 0.2) is 28.5 Å². The van der Waals surface area contributed by atoms with Gasteiger partial charge in [0.2, 0.25) is 5.91 Å². The van der Waals surface area contributed by atoms with E-state index in [0.717, 1.165) is 29.1 Å². The molecule has 0 aromatic carbocycles. The van der Waals surface area contributed by atoms with Crippen LogP contribution in [0.1, 0.15) is 87.1 Å². The Balaban J connectivity index is 1.65. The molecular weight excluding hydrogens is 558 g/mol. The van der Waals surface area contributed by atoms with E-state index < -0.39 is 23.5 Å². The van der Waals surface area contributed by atoms with E-state index in [4.69, 9.17) is 0 Å². The summed E-state index contributed by atoms with van der Waals surface area (Å²) in [6, 6.07) is 3.31. The van der Waals surface area contributed by atoms with Crippen LogP contribution in [-0.2, 0) is 9.59 Å². The maximum Gasteiger partial charge on any atom is 0.264 e. The van der Waals surface area contributed by atoms with Gasteiger partial charge in [-0.1, -0.05) is 40.2 Å². The van der Waals surface area contributed by atoms with Crippen molar-refractivity contribution in [2.75, 3.05) is 0 Å². The van der Waals surface area contributed by atoms with Gasteiger partial charge in [-0.3, -0.25) is 14.4 Å². The zero-order valence-electron chi connectivity index (χ0n) is 24.8. The van der Waals surface area contributed by atoms with Crippen molar-refractivity contribution in [2.24, 2.45) is 17.3 Å². The summed E-state index contributed by atoms with van der Waals surface area (Å²) < 4.78 is 0. The normalized spacial score (nSPS) is 31.9. The van der Waals surface area contributed by atoms with E-state index in [0.29, 0.717) is 17.7 Å². The van der Waals surface area contributed by atoms with Gasteiger partial charge in [0.05, 0.1) is 57.7 Å². The fourth-order valence-corrected chi connectivity index (χ4v) is 7.29. The SMILES string of the molecule is C/C(=C\c1csc(C)n1)[C@@H]1C[C@H]2[C@@H](CCC[C@H](C)[C@H](O)[C@@H](C)C(=O)C(C)(C)[C@@H](O)CC(=O)N1)N2C(=O)c1cccs1. The van der Waals surface area contributed by atoms with Crippen LogP contribution in [0.2, 0.25) is 0 Å². The molecule has 224 valence electrons. The lowest BCUT2D eigenvalue weighted by atomic mass is 9.73. The summed E-state index contributed by atoms with van der Waals surface area (Å²) in [5.41, 5.74) is 0.520. The Morgan fingerprint density at radius 2 is 1.90 bits per heavy atom. The molecule has 2 aromatic heterocycles. The predicted molar refractivity (Wildman–Crippen MR) is 163 cm³/mol. The molecule has 2 aliphatic rings. The molecular formula is C31H43N3O5S2. The van der Waals surface area contributed by atoms with E-state index in [9.17, 15) is 24.6 Å². The Morgan fingerprint density at radius 1 is 1.17 bits per heavy atom. The lowest BCUT2D eigenvalue weighted by Crippen LogP contribution is -2.47. The number of amides is 2. The second kappa shape index (κ2) is 12.9. The van der Waals surface area contributed by atoms with Gasteiger partial charge >= 0.3 is 0 Å². The number of ketones is 1. The first-order chi connectivity index (χ1) is 19.3. The van der Waals surface area contributed by atoms with E-state index in [-0.39, 0.29) is 48.1 Å². The smallest absolute Gasteiger partial charge is 0.264 e. The molecule has 4 heterocycles. The molecule has 2 aromatic rings. The average molecular weight is 602 g/mol. The van der Waals surface area contributed by atoms with Crippen molar-refractivity contribution in [2.45, 2.75) is 104 Å². The van der Waals surface area contributed by atoms with Crippen LogP contribution < -0.4 is 5.32 Å². The topological polar surface area (TPSA) is 120 Å². The number of thiophene rings is 1. The first-order valence-corrected chi connectivity index (χ1v) is 16.2. The highest BCUT2D eigenvalue weighted by Crippen LogP contribution is 2.40. The second-order valence-electron chi connectivity index (χ2n) is 12.4. The van der Waals surface area contributed by atoms with Gasteiger partial charge < -0.3 is 20.4 Å². The summed E-state index contributed by atoms with van der Waals surface area (Å²) in [6.45, 7) is 10.8. The monoisotopic (exact) mass is 601 g/mol. The highest BCUT2D eigenvalue weighted by Gasteiger charge is 2.51. The first kappa shape index (κ1) is 31.5. The van der Waals surface area contributed by atoms with Gasteiger partial charge in [-0.15, -0.1) is 22.7 Å². The van der Waals surface area contributed by atoms with E-state index in [1.807, 2.05) is 54.6 Å². The maximum absolute atomic E-state index is 13.4. The molecule has 3 N–H and O–H groups in total.